The fourth-order valence-electron chi connectivity index (χ4n) is 6.38. The number of nitrogens with zero attached hydrogens (tertiary/aromatic N) is 1. The Kier molecular flexibility index (Phi) is 12.2. The number of ether oxygens (including phenoxy) is 2. The van der Waals surface area contributed by atoms with E-state index in [0.717, 1.165) is 82.0 Å². The first-order valence-electron chi connectivity index (χ1n) is 14.3. The molecule has 0 amide bonds. The van der Waals surface area contributed by atoms with Crippen LogP contribution in [0.5, 0.6) is 5.75 Å². The molecule has 0 spiro atoms. The molecule has 1 aliphatic heterocycles. The van der Waals surface area contributed by atoms with Gasteiger partial charge in [0, 0.05) is 0 Å². The number of carbonyl (C=O) groups excluding carboxylic acids is 1. The van der Waals surface area contributed by atoms with E-state index in [-0.39, 0.29) is 25.2 Å². The van der Waals surface area contributed by atoms with E-state index in [2.05, 4.69) is 13.0 Å². The highest BCUT2D eigenvalue weighted by Gasteiger charge is 2.39. The molecule has 0 aromatic heterocycles. The summed E-state index contributed by atoms with van der Waals surface area (Å²) in [5.41, 5.74) is 2.66. The van der Waals surface area contributed by atoms with Gasteiger partial charge in [-0.05, 0) is 106 Å². The third-order valence-electron chi connectivity index (χ3n) is 8.41. The zero-order chi connectivity index (χ0) is 26.6. The maximum absolute atomic E-state index is 11.4. The zero-order valence-electron chi connectivity index (χ0n) is 22.8. The summed E-state index contributed by atoms with van der Waals surface area (Å²) in [5.74, 6) is 1.96. The van der Waals surface area contributed by atoms with Gasteiger partial charge in [-0.25, -0.2) is 4.79 Å². The summed E-state index contributed by atoms with van der Waals surface area (Å²) in [4.78, 5) is 23.5. The lowest BCUT2D eigenvalue weighted by Gasteiger charge is -2.32. The monoisotopic (exact) mass is 517 g/mol. The van der Waals surface area contributed by atoms with Crippen LogP contribution in [0.1, 0.15) is 82.3 Å². The molecule has 4 atom stereocenters. The maximum atomic E-state index is 11.4. The lowest BCUT2D eigenvalue weighted by Crippen LogP contribution is -2.26. The number of fused-ring (bicyclic) bond motifs is 2. The molecule has 1 saturated carbocycles. The standard InChI is InChI=1S/C24H36O4.C6H11NO2/c1-3-4-5-8-20(25)13-12-17-10-11-19-15-22-18(14-21(17)19)7-6-9-23(22)28-16-24(26)27-2;8-6(9)5-7-3-1-2-4-7/h6-7,9,17,19-21,25H,3-5,8,10-16H2,1-2H3;1-5H2,(H,8,9). The lowest BCUT2D eigenvalue weighted by molar-refractivity contribution is -0.143. The van der Waals surface area contributed by atoms with E-state index in [1.807, 2.05) is 17.0 Å². The van der Waals surface area contributed by atoms with Crippen LogP contribution >= 0.6 is 0 Å². The number of aliphatic carboxylic acids is 1. The second-order valence-electron chi connectivity index (χ2n) is 11.0. The minimum atomic E-state index is -0.711. The molecule has 7 heteroatoms. The van der Waals surface area contributed by atoms with Crippen molar-refractivity contribution in [3.63, 3.8) is 0 Å². The molecule has 4 unspecified atom stereocenters. The van der Waals surface area contributed by atoms with E-state index in [1.54, 1.807) is 0 Å². The van der Waals surface area contributed by atoms with Gasteiger partial charge in [0.25, 0.3) is 0 Å². The molecular weight excluding hydrogens is 470 g/mol. The second kappa shape index (κ2) is 15.3. The van der Waals surface area contributed by atoms with Crippen LogP contribution in [-0.2, 0) is 27.2 Å². The topological polar surface area (TPSA) is 96.3 Å². The number of rotatable bonds is 12. The average molecular weight is 518 g/mol. The molecule has 1 saturated heterocycles. The number of likely N-dealkylation sites (tertiary alicyclic amines) is 1. The number of aliphatic hydroxyl groups is 1. The number of benzene rings is 1. The predicted octanol–water partition coefficient (Wildman–Crippen LogP) is 4.87. The van der Waals surface area contributed by atoms with E-state index in [4.69, 9.17) is 14.6 Å². The Morgan fingerprint density at radius 1 is 1.11 bits per heavy atom. The van der Waals surface area contributed by atoms with Crippen molar-refractivity contribution in [2.75, 3.05) is 33.4 Å². The number of hydrogen-bond donors (Lipinski definition) is 2. The Morgan fingerprint density at radius 2 is 1.89 bits per heavy atom. The van der Waals surface area contributed by atoms with Gasteiger partial charge in [0.15, 0.2) is 6.61 Å². The summed E-state index contributed by atoms with van der Waals surface area (Å²) < 4.78 is 10.4. The van der Waals surface area contributed by atoms with Crippen molar-refractivity contribution in [2.45, 2.75) is 90.1 Å². The molecule has 208 valence electrons. The number of carbonyl (C=O) groups is 2. The van der Waals surface area contributed by atoms with Crippen LogP contribution in [0.3, 0.4) is 0 Å². The normalized spacial score (nSPS) is 23.4. The van der Waals surface area contributed by atoms with Gasteiger partial charge in [0.2, 0.25) is 0 Å². The Balaban J connectivity index is 0.000000356. The molecule has 2 aliphatic carbocycles. The molecule has 2 N–H and O–H groups in total. The number of aliphatic hydroxyl groups excluding tert-OH is 1. The van der Waals surface area contributed by atoms with Gasteiger partial charge in [0.05, 0.1) is 19.8 Å². The van der Waals surface area contributed by atoms with E-state index < -0.39 is 5.97 Å². The molecule has 3 aliphatic rings. The van der Waals surface area contributed by atoms with E-state index in [0.29, 0.717) is 5.92 Å². The fourth-order valence-corrected chi connectivity index (χ4v) is 6.38. The number of carboxylic acids is 1. The summed E-state index contributed by atoms with van der Waals surface area (Å²) in [7, 11) is 1.39. The smallest absolute Gasteiger partial charge is 0.343 e. The number of methoxy groups -OCH3 is 1. The fraction of sp³-hybridized carbons (Fsp3) is 0.733. The minimum absolute atomic E-state index is 0.0282. The summed E-state index contributed by atoms with van der Waals surface area (Å²) >= 11 is 0. The van der Waals surface area contributed by atoms with Gasteiger partial charge >= 0.3 is 11.9 Å². The van der Waals surface area contributed by atoms with Crippen molar-refractivity contribution in [3.05, 3.63) is 29.3 Å². The summed E-state index contributed by atoms with van der Waals surface area (Å²) in [6, 6.07) is 6.22. The average Bonchev–Trinajstić information content (AvgIpc) is 3.54. The molecule has 2 fully saturated rings. The van der Waals surface area contributed by atoms with Crippen molar-refractivity contribution in [1.29, 1.82) is 0 Å². The summed E-state index contributed by atoms with van der Waals surface area (Å²) in [6.07, 6.45) is 13.5. The van der Waals surface area contributed by atoms with Crippen LogP contribution in [0.25, 0.3) is 0 Å². The molecule has 1 aromatic carbocycles. The van der Waals surface area contributed by atoms with Crippen molar-refractivity contribution in [2.24, 2.45) is 17.8 Å². The van der Waals surface area contributed by atoms with Gasteiger partial charge in [-0.3, -0.25) is 9.69 Å². The van der Waals surface area contributed by atoms with Crippen LogP contribution in [0.4, 0.5) is 0 Å². The summed E-state index contributed by atoms with van der Waals surface area (Å²) in [5, 5.41) is 18.6. The number of unbranched alkanes of at least 4 members (excludes halogenated alkanes) is 2. The Morgan fingerprint density at radius 3 is 2.59 bits per heavy atom. The molecule has 37 heavy (non-hydrogen) atoms. The second-order valence-corrected chi connectivity index (χ2v) is 11.0. The first-order chi connectivity index (χ1) is 17.9. The Labute approximate surface area is 222 Å². The SMILES string of the molecule is CCCCCC(O)CCC1CCC2Cc3c(cccc3OCC(=O)OC)CC12.O=C(O)CN1CCCC1. The van der Waals surface area contributed by atoms with E-state index >= 15 is 0 Å². The van der Waals surface area contributed by atoms with Crippen molar-refractivity contribution in [1.82, 2.24) is 4.90 Å². The molecule has 4 rings (SSSR count). The zero-order valence-corrected chi connectivity index (χ0v) is 22.8. The van der Waals surface area contributed by atoms with Gasteiger partial charge in [0.1, 0.15) is 5.75 Å². The Bertz CT molecular complexity index is 852. The highest BCUT2D eigenvalue weighted by Crippen LogP contribution is 2.48. The van der Waals surface area contributed by atoms with Gasteiger partial charge in [-0.2, -0.15) is 0 Å². The molecule has 0 bridgehead atoms. The number of carboxylic acid groups (broad SMARTS) is 1. The highest BCUT2D eigenvalue weighted by molar-refractivity contribution is 5.71. The largest absolute Gasteiger partial charge is 0.482 e. The van der Waals surface area contributed by atoms with Crippen molar-refractivity contribution in [3.8, 4) is 5.75 Å². The first kappa shape index (κ1) is 29.4. The van der Waals surface area contributed by atoms with Crippen LogP contribution in [0.15, 0.2) is 18.2 Å². The highest BCUT2D eigenvalue weighted by atomic mass is 16.6. The van der Waals surface area contributed by atoms with Gasteiger partial charge in [-0.1, -0.05) is 38.3 Å². The number of hydrogen-bond acceptors (Lipinski definition) is 6. The number of esters is 1. The molecule has 0 radical (unpaired) electrons. The minimum Gasteiger partial charge on any atom is -0.482 e. The third-order valence-corrected chi connectivity index (χ3v) is 8.41. The first-order valence-corrected chi connectivity index (χ1v) is 14.3. The third kappa shape index (κ3) is 9.29. The molecule has 7 nitrogen and oxygen atoms in total. The van der Waals surface area contributed by atoms with E-state index in [9.17, 15) is 14.7 Å². The molecule has 1 aromatic rings. The van der Waals surface area contributed by atoms with Crippen LogP contribution in [0.2, 0.25) is 0 Å². The maximum Gasteiger partial charge on any atom is 0.343 e. The van der Waals surface area contributed by atoms with E-state index in [1.165, 1.54) is 43.9 Å². The van der Waals surface area contributed by atoms with Gasteiger partial charge in [-0.15, -0.1) is 0 Å². The van der Waals surface area contributed by atoms with Crippen LogP contribution in [0, 0.1) is 17.8 Å². The summed E-state index contributed by atoms with van der Waals surface area (Å²) in [6.45, 7) is 4.33. The quantitative estimate of drug-likeness (QED) is 0.302. The lowest BCUT2D eigenvalue weighted by atomic mass is 9.73. The van der Waals surface area contributed by atoms with Crippen LogP contribution < -0.4 is 4.74 Å². The molecular formula is C30H47NO6. The predicted molar refractivity (Wildman–Crippen MR) is 144 cm³/mol. The van der Waals surface area contributed by atoms with Crippen LogP contribution in [-0.4, -0.2) is 66.5 Å². The van der Waals surface area contributed by atoms with Gasteiger partial charge < -0.3 is 19.7 Å². The van der Waals surface area contributed by atoms with Crippen molar-refractivity contribution < 1.29 is 29.3 Å². The molecule has 1 heterocycles. The Hall–Kier alpha value is -2.12. The van der Waals surface area contributed by atoms with Crippen molar-refractivity contribution >= 4 is 11.9 Å².